The van der Waals surface area contributed by atoms with Crippen molar-refractivity contribution in [2.24, 2.45) is 0 Å². The molecular formula is C36H28N2Pt+2. The fourth-order valence-corrected chi connectivity index (χ4v) is 5.73. The third kappa shape index (κ3) is 4.75. The summed E-state index contributed by atoms with van der Waals surface area (Å²) in [6.07, 6.45) is 0. The normalized spacial score (nSPS) is 12.9. The van der Waals surface area contributed by atoms with E-state index in [1.54, 1.807) is 0 Å². The summed E-state index contributed by atoms with van der Waals surface area (Å²) in [5.41, 5.74) is 9.39. The van der Waals surface area contributed by atoms with Crippen molar-refractivity contribution >= 4 is 32.9 Å². The summed E-state index contributed by atoms with van der Waals surface area (Å²) in [6, 6.07) is 47.1. The van der Waals surface area contributed by atoms with Gasteiger partial charge < -0.3 is 9.80 Å². The van der Waals surface area contributed by atoms with Gasteiger partial charge in [-0.15, -0.1) is 70.8 Å². The largest absolute Gasteiger partial charge is 4.00 e. The minimum absolute atomic E-state index is 0. The Balaban J connectivity index is 0.00000277. The molecule has 0 radical (unpaired) electrons. The number of nitrogens with zero attached hydrogens (tertiary/aromatic N) is 2. The minimum atomic E-state index is 0. The van der Waals surface area contributed by atoms with E-state index < -0.39 is 0 Å². The van der Waals surface area contributed by atoms with E-state index in [1.165, 1.54) is 55.2 Å². The van der Waals surface area contributed by atoms with Crippen LogP contribution in [0.3, 0.4) is 0 Å². The van der Waals surface area contributed by atoms with Crippen molar-refractivity contribution in [3.63, 3.8) is 0 Å². The Bertz CT molecular complexity index is 1690. The minimum Gasteiger partial charge on any atom is -0.379 e. The van der Waals surface area contributed by atoms with E-state index in [0.29, 0.717) is 0 Å². The molecule has 0 spiro atoms. The second-order valence-corrected chi connectivity index (χ2v) is 10.3. The van der Waals surface area contributed by atoms with Crippen molar-refractivity contribution in [1.29, 1.82) is 0 Å². The summed E-state index contributed by atoms with van der Waals surface area (Å²) in [7, 11) is 4.36. The molecule has 1 aliphatic rings. The second kappa shape index (κ2) is 10.4. The maximum absolute atomic E-state index is 3.77. The third-order valence-electron chi connectivity index (χ3n) is 7.66. The first-order valence-corrected chi connectivity index (χ1v) is 13.1. The van der Waals surface area contributed by atoms with Gasteiger partial charge >= 0.3 is 21.1 Å². The Morgan fingerprint density at radius 2 is 0.872 bits per heavy atom. The molecule has 6 aromatic carbocycles. The van der Waals surface area contributed by atoms with Gasteiger partial charge in [0.05, 0.1) is 0 Å². The monoisotopic (exact) mass is 683 g/mol. The molecule has 0 unspecified atom stereocenters. The Morgan fingerprint density at radius 1 is 0.487 bits per heavy atom. The van der Waals surface area contributed by atoms with Gasteiger partial charge in [-0.25, -0.2) is 0 Å². The summed E-state index contributed by atoms with van der Waals surface area (Å²) >= 11 is 0. The molecule has 0 fully saturated rings. The van der Waals surface area contributed by atoms with E-state index >= 15 is 0 Å². The molecule has 2 nitrogen and oxygen atoms in total. The van der Waals surface area contributed by atoms with Crippen LogP contribution in [0.15, 0.2) is 109 Å². The van der Waals surface area contributed by atoms with Gasteiger partial charge in [0.15, 0.2) is 0 Å². The van der Waals surface area contributed by atoms with E-state index in [0.717, 1.165) is 24.2 Å². The SMILES string of the molecule is CN1Cc2[c-]c(ccc2)-c2cc3ccccc3cc2N(C)Cc2[c-]c(ccc2)-c2cc3ccccc3cc21.[Pt+4]. The van der Waals surface area contributed by atoms with Crippen molar-refractivity contribution in [1.82, 2.24) is 0 Å². The summed E-state index contributed by atoms with van der Waals surface area (Å²) in [6.45, 7) is 1.52. The standard InChI is InChI=1S/C36H28N2.Pt/c1-37-23-25-9-7-16-32(17-25)34-20-28-12-4-6-14-30(28)22-36(34)38(2)24-26-10-8-15-31(18-26)33-19-27-11-3-5-13-29(27)21-35(33)37;/h3-16,19-22H,23-24H2,1-2H3;/q-2;+4. The third-order valence-corrected chi connectivity index (χ3v) is 7.66. The quantitative estimate of drug-likeness (QED) is 0.148. The van der Waals surface area contributed by atoms with Crippen molar-refractivity contribution in [3.8, 4) is 22.3 Å². The van der Waals surface area contributed by atoms with Crippen LogP contribution in [0.2, 0.25) is 0 Å². The van der Waals surface area contributed by atoms with E-state index in [4.69, 9.17) is 0 Å². The van der Waals surface area contributed by atoms with Crippen LogP contribution in [0.25, 0.3) is 43.8 Å². The van der Waals surface area contributed by atoms with Gasteiger partial charge in [0.2, 0.25) is 0 Å². The van der Waals surface area contributed by atoms with E-state index in [1.807, 2.05) is 0 Å². The van der Waals surface area contributed by atoms with Gasteiger partial charge in [0.25, 0.3) is 0 Å². The molecule has 0 aromatic heterocycles. The van der Waals surface area contributed by atoms with Crippen LogP contribution >= 0.6 is 0 Å². The maximum Gasteiger partial charge on any atom is 4.00 e. The van der Waals surface area contributed by atoms with Crippen LogP contribution in [-0.2, 0) is 34.2 Å². The summed E-state index contributed by atoms with van der Waals surface area (Å²) in [4.78, 5) is 4.69. The van der Waals surface area contributed by atoms with Gasteiger partial charge in [-0.2, -0.15) is 0 Å². The zero-order chi connectivity index (χ0) is 25.6. The average molecular weight is 684 g/mol. The summed E-state index contributed by atoms with van der Waals surface area (Å²) in [5, 5.41) is 4.97. The smallest absolute Gasteiger partial charge is 0.379 e. The molecule has 0 saturated heterocycles. The van der Waals surface area contributed by atoms with Gasteiger partial charge in [-0.3, -0.25) is 0 Å². The van der Waals surface area contributed by atoms with E-state index in [-0.39, 0.29) is 21.1 Å². The van der Waals surface area contributed by atoms with Crippen LogP contribution in [-0.4, -0.2) is 14.1 Å². The molecule has 3 heteroatoms. The molecule has 39 heavy (non-hydrogen) atoms. The number of benzene rings is 6. The topological polar surface area (TPSA) is 6.48 Å². The second-order valence-electron chi connectivity index (χ2n) is 10.3. The van der Waals surface area contributed by atoms with Crippen LogP contribution in [0.1, 0.15) is 11.1 Å². The molecule has 0 amide bonds. The molecule has 0 aliphatic carbocycles. The molecule has 190 valence electrons. The Hall–Kier alpha value is -3.87. The molecule has 1 heterocycles. The van der Waals surface area contributed by atoms with Gasteiger partial charge in [-0.1, -0.05) is 71.8 Å². The molecule has 4 bridgehead atoms. The van der Waals surface area contributed by atoms with E-state index in [2.05, 4.69) is 145 Å². The van der Waals surface area contributed by atoms with E-state index in [9.17, 15) is 0 Å². The van der Waals surface area contributed by atoms with Gasteiger partial charge in [0, 0.05) is 38.6 Å². The van der Waals surface area contributed by atoms with Crippen LogP contribution in [0.5, 0.6) is 0 Å². The molecule has 0 N–H and O–H groups in total. The Morgan fingerprint density at radius 3 is 1.28 bits per heavy atom. The van der Waals surface area contributed by atoms with Gasteiger partial charge in [0.1, 0.15) is 0 Å². The molecule has 7 rings (SSSR count). The number of hydrogen-bond donors (Lipinski definition) is 0. The molecule has 0 atom stereocenters. The van der Waals surface area contributed by atoms with Crippen molar-refractivity contribution < 1.29 is 21.1 Å². The first kappa shape index (κ1) is 25.4. The van der Waals surface area contributed by atoms with Crippen LogP contribution in [0.4, 0.5) is 11.4 Å². The first-order valence-electron chi connectivity index (χ1n) is 13.1. The average Bonchev–Trinajstić information content (AvgIpc) is 2.95. The van der Waals surface area contributed by atoms with Crippen molar-refractivity contribution in [2.75, 3.05) is 23.9 Å². The number of anilines is 2. The predicted molar refractivity (Wildman–Crippen MR) is 161 cm³/mol. The van der Waals surface area contributed by atoms with Crippen LogP contribution < -0.4 is 9.80 Å². The Labute approximate surface area is 244 Å². The zero-order valence-electron chi connectivity index (χ0n) is 22.0. The summed E-state index contributed by atoms with van der Waals surface area (Å²) in [5.74, 6) is 0. The van der Waals surface area contributed by atoms with Crippen LogP contribution in [0, 0.1) is 12.1 Å². The number of hydrogen-bond acceptors (Lipinski definition) is 2. The molecule has 6 aromatic rings. The Kier molecular flexibility index (Phi) is 6.75. The van der Waals surface area contributed by atoms with Crippen molar-refractivity contribution in [2.45, 2.75) is 13.1 Å². The maximum atomic E-state index is 3.77. The molecule has 1 aliphatic heterocycles. The first-order chi connectivity index (χ1) is 18.6. The predicted octanol–water partition coefficient (Wildman–Crippen LogP) is 8.51. The zero-order valence-corrected chi connectivity index (χ0v) is 24.3. The summed E-state index contributed by atoms with van der Waals surface area (Å²) < 4.78 is 0. The van der Waals surface area contributed by atoms with Gasteiger partial charge in [-0.05, 0) is 33.7 Å². The molecule has 0 saturated carbocycles. The fraction of sp³-hybridized carbons (Fsp3) is 0.111. The fourth-order valence-electron chi connectivity index (χ4n) is 5.73. The molecular weight excluding hydrogens is 655 g/mol. The number of rotatable bonds is 0. The number of fused-ring (bicyclic) bond motifs is 10. The van der Waals surface area contributed by atoms with Crippen molar-refractivity contribution in [3.05, 3.63) is 132 Å².